The molecule has 0 bridgehead atoms. The van der Waals surface area contributed by atoms with Gasteiger partial charge in [0.2, 0.25) is 5.91 Å². The van der Waals surface area contributed by atoms with E-state index in [4.69, 9.17) is 9.47 Å². The van der Waals surface area contributed by atoms with Gasteiger partial charge in [0.1, 0.15) is 18.1 Å². The number of rotatable bonds is 7. The van der Waals surface area contributed by atoms with Crippen LogP contribution in [0, 0.1) is 5.92 Å². The van der Waals surface area contributed by atoms with Crippen LogP contribution in [0.3, 0.4) is 0 Å². The topological polar surface area (TPSA) is 55.8 Å². The molecule has 1 fully saturated rings. The van der Waals surface area contributed by atoms with Gasteiger partial charge in [-0.1, -0.05) is 11.8 Å². The zero-order chi connectivity index (χ0) is 15.9. The smallest absolute Gasteiger partial charge is 0.223 e. The van der Waals surface area contributed by atoms with E-state index in [9.17, 15) is 9.59 Å². The molecule has 1 unspecified atom stereocenters. The van der Waals surface area contributed by atoms with Crippen LogP contribution in [0.2, 0.25) is 0 Å². The molecule has 1 aliphatic heterocycles. The second-order valence-electron chi connectivity index (χ2n) is 5.24. The molecule has 1 aliphatic rings. The largest absolute Gasteiger partial charge is 0.497 e. The first-order chi connectivity index (χ1) is 10.6. The van der Waals surface area contributed by atoms with E-state index in [1.807, 2.05) is 29.2 Å². The maximum absolute atomic E-state index is 11.9. The molecule has 1 atom stereocenters. The third-order valence-corrected chi connectivity index (χ3v) is 4.55. The summed E-state index contributed by atoms with van der Waals surface area (Å²) in [6.45, 7) is 3.31. The van der Waals surface area contributed by atoms with Crippen LogP contribution in [-0.4, -0.2) is 48.5 Å². The third kappa shape index (κ3) is 4.94. The van der Waals surface area contributed by atoms with E-state index >= 15 is 0 Å². The molecular formula is C16H21NO4S. The van der Waals surface area contributed by atoms with Crippen LogP contribution in [-0.2, 0) is 9.59 Å². The highest BCUT2D eigenvalue weighted by molar-refractivity contribution is 8.13. The number of carbonyl (C=O) groups is 2. The van der Waals surface area contributed by atoms with Crippen LogP contribution in [0.1, 0.15) is 13.3 Å². The first kappa shape index (κ1) is 16.7. The number of nitrogens with zero attached hydrogens (tertiary/aromatic N) is 1. The summed E-state index contributed by atoms with van der Waals surface area (Å²) in [5, 5.41) is 0.105. The Morgan fingerprint density at radius 3 is 2.64 bits per heavy atom. The third-order valence-electron chi connectivity index (χ3n) is 3.51. The van der Waals surface area contributed by atoms with Crippen LogP contribution in [0.25, 0.3) is 0 Å². The highest BCUT2D eigenvalue weighted by Gasteiger charge is 2.29. The van der Waals surface area contributed by atoms with Crippen LogP contribution in [0.15, 0.2) is 24.3 Å². The molecule has 1 aromatic carbocycles. The predicted octanol–water partition coefficient (Wildman–Crippen LogP) is 2.20. The van der Waals surface area contributed by atoms with E-state index in [0.29, 0.717) is 26.1 Å². The summed E-state index contributed by atoms with van der Waals surface area (Å²) in [6, 6.07) is 7.37. The summed E-state index contributed by atoms with van der Waals surface area (Å²) < 4.78 is 10.7. The Hall–Kier alpha value is -1.69. The Bertz CT molecular complexity index is 517. The Kier molecular flexibility index (Phi) is 6.12. The lowest BCUT2D eigenvalue weighted by Crippen LogP contribution is -2.30. The SMILES string of the molecule is COc1ccc(OCCN2CC(CSC(C)=O)CC2=O)cc1. The van der Waals surface area contributed by atoms with Gasteiger partial charge in [-0.05, 0) is 30.2 Å². The molecule has 1 heterocycles. The molecule has 0 N–H and O–H groups in total. The summed E-state index contributed by atoms with van der Waals surface area (Å²) in [6.07, 6.45) is 0.531. The minimum Gasteiger partial charge on any atom is -0.497 e. The van der Waals surface area contributed by atoms with Crippen LogP contribution in [0.5, 0.6) is 11.5 Å². The molecule has 120 valence electrons. The second-order valence-corrected chi connectivity index (χ2v) is 6.43. The number of carbonyl (C=O) groups excluding carboxylic acids is 2. The van der Waals surface area contributed by atoms with Crippen molar-refractivity contribution in [3.8, 4) is 11.5 Å². The van der Waals surface area contributed by atoms with Crippen molar-refractivity contribution in [3.05, 3.63) is 24.3 Å². The predicted molar refractivity (Wildman–Crippen MR) is 86.3 cm³/mol. The number of amides is 1. The number of hydrogen-bond donors (Lipinski definition) is 0. The molecule has 5 nitrogen and oxygen atoms in total. The average Bonchev–Trinajstić information content (AvgIpc) is 2.86. The van der Waals surface area contributed by atoms with E-state index in [1.165, 1.54) is 11.8 Å². The lowest BCUT2D eigenvalue weighted by atomic mass is 10.1. The second kappa shape index (κ2) is 8.08. The van der Waals surface area contributed by atoms with Gasteiger partial charge in [0, 0.05) is 25.6 Å². The van der Waals surface area contributed by atoms with Crippen LogP contribution in [0.4, 0.5) is 0 Å². The highest BCUT2D eigenvalue weighted by Crippen LogP contribution is 2.22. The fourth-order valence-corrected chi connectivity index (χ4v) is 3.06. The number of methoxy groups -OCH3 is 1. The Balaban J connectivity index is 1.72. The number of benzene rings is 1. The molecule has 6 heteroatoms. The number of thioether (sulfide) groups is 1. The molecule has 0 aliphatic carbocycles. The van der Waals surface area contributed by atoms with Crippen molar-refractivity contribution in [2.45, 2.75) is 13.3 Å². The van der Waals surface area contributed by atoms with E-state index in [2.05, 4.69) is 0 Å². The Labute approximate surface area is 135 Å². The van der Waals surface area contributed by atoms with E-state index in [-0.39, 0.29) is 16.9 Å². The van der Waals surface area contributed by atoms with Crippen molar-refractivity contribution in [2.24, 2.45) is 5.92 Å². The van der Waals surface area contributed by atoms with Gasteiger partial charge in [-0.3, -0.25) is 9.59 Å². The minimum absolute atomic E-state index is 0.105. The van der Waals surface area contributed by atoms with Gasteiger partial charge in [-0.15, -0.1) is 0 Å². The molecule has 1 aromatic rings. The zero-order valence-corrected chi connectivity index (χ0v) is 13.7. The molecule has 1 saturated heterocycles. The van der Waals surface area contributed by atoms with Gasteiger partial charge in [0.15, 0.2) is 5.12 Å². The number of likely N-dealkylation sites (tertiary alicyclic amines) is 1. The van der Waals surface area contributed by atoms with Crippen LogP contribution >= 0.6 is 11.8 Å². The minimum atomic E-state index is 0.105. The van der Waals surface area contributed by atoms with Gasteiger partial charge in [0.25, 0.3) is 0 Å². The van der Waals surface area contributed by atoms with Crippen molar-refractivity contribution in [3.63, 3.8) is 0 Å². The molecule has 2 rings (SSSR count). The van der Waals surface area contributed by atoms with Crippen molar-refractivity contribution in [1.82, 2.24) is 4.90 Å². The van der Waals surface area contributed by atoms with Crippen molar-refractivity contribution < 1.29 is 19.1 Å². The van der Waals surface area contributed by atoms with Gasteiger partial charge in [0.05, 0.1) is 13.7 Å². The first-order valence-corrected chi connectivity index (χ1v) is 8.25. The summed E-state index contributed by atoms with van der Waals surface area (Å²) in [4.78, 5) is 24.7. The van der Waals surface area contributed by atoms with E-state index < -0.39 is 0 Å². The molecule has 0 spiro atoms. The van der Waals surface area contributed by atoms with Gasteiger partial charge >= 0.3 is 0 Å². The molecule has 0 radical (unpaired) electrons. The van der Waals surface area contributed by atoms with Gasteiger partial charge < -0.3 is 14.4 Å². The fourth-order valence-electron chi connectivity index (χ4n) is 2.36. The molecule has 22 heavy (non-hydrogen) atoms. The summed E-state index contributed by atoms with van der Waals surface area (Å²) in [7, 11) is 1.62. The monoisotopic (exact) mass is 323 g/mol. The average molecular weight is 323 g/mol. The Morgan fingerprint density at radius 1 is 1.32 bits per heavy atom. The van der Waals surface area contributed by atoms with Crippen molar-refractivity contribution in [1.29, 1.82) is 0 Å². The summed E-state index contributed by atoms with van der Waals surface area (Å²) >= 11 is 1.30. The maximum Gasteiger partial charge on any atom is 0.223 e. The normalized spacial score (nSPS) is 17.6. The van der Waals surface area contributed by atoms with Gasteiger partial charge in [-0.2, -0.15) is 0 Å². The molecule has 0 saturated carbocycles. The summed E-state index contributed by atoms with van der Waals surface area (Å²) in [5.74, 6) is 2.68. The summed E-state index contributed by atoms with van der Waals surface area (Å²) in [5.41, 5.74) is 0. The lowest BCUT2D eigenvalue weighted by molar-refractivity contribution is -0.128. The standard InChI is InChI=1S/C16H21NO4S/c1-12(18)22-11-13-9-16(19)17(10-13)7-8-21-15-5-3-14(20-2)4-6-15/h3-6,13H,7-11H2,1-2H3. The van der Waals surface area contributed by atoms with Crippen molar-refractivity contribution >= 4 is 22.8 Å². The van der Waals surface area contributed by atoms with E-state index in [1.54, 1.807) is 14.0 Å². The maximum atomic E-state index is 11.9. The van der Waals surface area contributed by atoms with Gasteiger partial charge in [-0.25, -0.2) is 0 Å². The first-order valence-electron chi connectivity index (χ1n) is 7.26. The van der Waals surface area contributed by atoms with Crippen molar-refractivity contribution in [2.75, 3.05) is 32.6 Å². The molecule has 1 amide bonds. The zero-order valence-electron chi connectivity index (χ0n) is 12.9. The highest BCUT2D eigenvalue weighted by atomic mass is 32.2. The quantitative estimate of drug-likeness (QED) is 0.770. The molecular weight excluding hydrogens is 302 g/mol. The Morgan fingerprint density at radius 2 is 2.00 bits per heavy atom. The molecule has 0 aromatic heterocycles. The van der Waals surface area contributed by atoms with Crippen LogP contribution < -0.4 is 9.47 Å². The number of ether oxygens (including phenoxy) is 2. The number of hydrogen-bond acceptors (Lipinski definition) is 5. The lowest BCUT2D eigenvalue weighted by Gasteiger charge is -2.17. The fraction of sp³-hybridized carbons (Fsp3) is 0.500. The van der Waals surface area contributed by atoms with E-state index in [0.717, 1.165) is 17.3 Å².